The molecule has 2 fully saturated rings. The number of aromatic nitrogens is 2. The van der Waals surface area contributed by atoms with Gasteiger partial charge in [-0.15, -0.1) is 0 Å². The zero-order valence-corrected chi connectivity index (χ0v) is 36.0. The van der Waals surface area contributed by atoms with Gasteiger partial charge in [0.25, 0.3) is 21.6 Å². The molecule has 326 valence electrons. The number of halogens is 1. The van der Waals surface area contributed by atoms with Gasteiger partial charge in [0.2, 0.25) is 0 Å². The second-order valence-electron chi connectivity index (χ2n) is 16.7. The van der Waals surface area contributed by atoms with Gasteiger partial charge in [0.15, 0.2) is 0 Å². The lowest BCUT2D eigenvalue weighted by Crippen LogP contribution is -2.47. The maximum atomic E-state index is 13.9. The van der Waals surface area contributed by atoms with Gasteiger partial charge in [-0.25, -0.2) is 18.1 Å². The minimum absolute atomic E-state index is 0.0526. The van der Waals surface area contributed by atoms with E-state index in [1.807, 2.05) is 18.2 Å². The van der Waals surface area contributed by atoms with E-state index in [0.29, 0.717) is 49.3 Å². The predicted octanol–water partition coefficient (Wildman–Crippen LogP) is 7.63. The van der Waals surface area contributed by atoms with Gasteiger partial charge in [0.1, 0.15) is 22.8 Å². The second kappa shape index (κ2) is 18.4. The molecule has 0 spiro atoms. The number of hydrogen-bond donors (Lipinski definition) is 4. The van der Waals surface area contributed by atoms with Crippen LogP contribution in [0, 0.1) is 21.4 Å². The summed E-state index contributed by atoms with van der Waals surface area (Å²) in [5.41, 5.74) is 4.74. The van der Waals surface area contributed by atoms with E-state index in [2.05, 4.69) is 48.9 Å². The topological polar surface area (TPSA) is 192 Å². The number of benzene rings is 3. The summed E-state index contributed by atoms with van der Waals surface area (Å²) < 4.78 is 41.2. The normalized spacial score (nSPS) is 19.1. The number of ether oxygens (including phenoxy) is 2. The van der Waals surface area contributed by atoms with Crippen molar-refractivity contribution in [1.29, 1.82) is 0 Å². The summed E-state index contributed by atoms with van der Waals surface area (Å²) in [7, 11) is -4.57. The Kier molecular flexibility index (Phi) is 12.8. The number of H-pyrrole nitrogens is 1. The number of nitro benzene ring substituents is 1. The Morgan fingerprint density at radius 1 is 1.06 bits per heavy atom. The number of carbonyl (C=O) groups is 1. The average molecular weight is 884 g/mol. The summed E-state index contributed by atoms with van der Waals surface area (Å²) >= 11 is 6.23. The van der Waals surface area contributed by atoms with Crippen LogP contribution in [0.4, 0.5) is 17.1 Å². The highest BCUT2D eigenvalue weighted by atomic mass is 35.5. The van der Waals surface area contributed by atoms with E-state index in [9.17, 15) is 28.4 Å². The first kappa shape index (κ1) is 43.1. The third-order valence-electron chi connectivity index (χ3n) is 12.2. The fourth-order valence-corrected chi connectivity index (χ4v) is 9.56. The number of piperazine rings is 1. The third kappa shape index (κ3) is 9.90. The van der Waals surface area contributed by atoms with Crippen molar-refractivity contribution in [3.63, 3.8) is 0 Å². The molecule has 1 unspecified atom stereocenters. The van der Waals surface area contributed by atoms with Crippen molar-refractivity contribution in [3.8, 4) is 11.5 Å². The van der Waals surface area contributed by atoms with Crippen LogP contribution in [-0.2, 0) is 14.8 Å². The minimum atomic E-state index is -4.57. The number of hydrogen-bond acceptors (Lipinski definition) is 12. The average Bonchev–Trinajstić information content (AvgIpc) is 3.75. The van der Waals surface area contributed by atoms with Crippen LogP contribution in [0.2, 0.25) is 5.02 Å². The molecule has 17 heteroatoms. The first-order valence-electron chi connectivity index (χ1n) is 20.8. The van der Waals surface area contributed by atoms with Gasteiger partial charge in [0, 0.05) is 93.5 Å². The fourth-order valence-electron chi connectivity index (χ4n) is 8.45. The summed E-state index contributed by atoms with van der Waals surface area (Å²) in [5.74, 6) is -0.250. The van der Waals surface area contributed by atoms with Crippen molar-refractivity contribution < 1.29 is 32.7 Å². The number of aliphatic hydroxyl groups excluding tert-OH is 1. The molecule has 0 saturated carbocycles. The molecule has 0 radical (unpaired) electrons. The van der Waals surface area contributed by atoms with Crippen LogP contribution in [0.1, 0.15) is 54.9 Å². The molecule has 8 rings (SSSR count). The van der Waals surface area contributed by atoms with Crippen LogP contribution in [-0.4, -0.2) is 98.3 Å². The van der Waals surface area contributed by atoms with Gasteiger partial charge in [-0.05, 0) is 103 Å². The lowest BCUT2D eigenvalue weighted by Gasteiger charge is -2.40. The quantitative estimate of drug-likeness (QED) is 0.0631. The molecule has 4 heterocycles. The van der Waals surface area contributed by atoms with Crippen LogP contribution >= 0.6 is 11.6 Å². The fraction of sp³-hybridized carbons (Fsp3) is 0.378. The maximum absolute atomic E-state index is 13.9. The van der Waals surface area contributed by atoms with E-state index in [-0.39, 0.29) is 34.9 Å². The number of nitro groups is 1. The molecular formula is C45H50ClN7O8S. The van der Waals surface area contributed by atoms with Crippen molar-refractivity contribution >= 4 is 61.2 Å². The van der Waals surface area contributed by atoms with E-state index in [0.717, 1.165) is 74.4 Å². The number of aliphatic hydroxyl groups is 1. The number of allylic oxidation sites excluding steroid dienone is 1. The summed E-state index contributed by atoms with van der Waals surface area (Å²) in [5, 5.41) is 26.9. The van der Waals surface area contributed by atoms with Crippen molar-refractivity contribution in [2.75, 3.05) is 69.3 Å². The maximum Gasteiger partial charge on any atom is 0.293 e. The van der Waals surface area contributed by atoms with Crippen LogP contribution in [0.15, 0.2) is 95.7 Å². The number of sulfonamides is 1. The molecule has 2 aliphatic heterocycles. The molecule has 3 aliphatic rings. The summed E-state index contributed by atoms with van der Waals surface area (Å²) in [4.78, 5) is 37.0. The Labute approximate surface area is 365 Å². The van der Waals surface area contributed by atoms with Crippen LogP contribution < -0.4 is 19.7 Å². The number of rotatable bonds is 14. The molecular weight excluding hydrogens is 834 g/mol. The number of carbonyl (C=O) groups excluding carboxylic acids is 1. The highest BCUT2D eigenvalue weighted by Crippen LogP contribution is 2.44. The number of nitrogens with one attached hydrogen (secondary N) is 3. The zero-order valence-electron chi connectivity index (χ0n) is 34.4. The highest BCUT2D eigenvalue weighted by Gasteiger charge is 2.33. The summed E-state index contributed by atoms with van der Waals surface area (Å²) in [6.45, 7) is 7.72. The SMILES string of the molecule is CC1(CO)CCC(CN2CCN(c3ccc(C(=O)NS(=O)(=O)c4ccc(NCC5CCOCC5)c([N+](=O)[O-])c4)c(Oc4cnc5[nH]ccc5c4)c3)CC2)=C(c2ccc(Cl)cc2)C1. The molecule has 62 heavy (non-hydrogen) atoms. The molecule has 1 atom stereocenters. The third-order valence-corrected chi connectivity index (χ3v) is 13.8. The lowest BCUT2D eigenvalue weighted by molar-refractivity contribution is -0.384. The standard InChI is InChI=1S/C45H50ClN7O8S/c1-45(29-54)14-10-33(39(25-45)31-2-4-34(46)5-3-31)28-51-16-18-52(19-17-51)35-6-8-38(42(23-35)61-36-22-32-11-15-47-43(32)49-27-36)44(55)50-62(58,59)37-7-9-40(41(24-37)53(56)57)48-26-30-12-20-60-21-13-30/h2-9,11,15,22-24,27,30,48,54H,10,12-14,16-21,25-26,28-29H2,1H3,(H,47,49)(H,50,55). The van der Waals surface area contributed by atoms with Gasteiger partial charge in [-0.2, -0.15) is 0 Å². The Morgan fingerprint density at radius 3 is 2.58 bits per heavy atom. The Hall–Kier alpha value is -5.52. The zero-order chi connectivity index (χ0) is 43.4. The number of aromatic amines is 1. The van der Waals surface area contributed by atoms with E-state index >= 15 is 0 Å². The molecule has 2 aromatic heterocycles. The summed E-state index contributed by atoms with van der Waals surface area (Å²) in [6, 6.07) is 20.1. The van der Waals surface area contributed by atoms with E-state index in [1.54, 1.807) is 24.4 Å². The lowest BCUT2D eigenvalue weighted by atomic mass is 9.71. The Bertz CT molecular complexity index is 2590. The molecule has 0 bridgehead atoms. The van der Waals surface area contributed by atoms with E-state index < -0.39 is 31.4 Å². The van der Waals surface area contributed by atoms with Gasteiger partial charge in [-0.1, -0.05) is 36.2 Å². The van der Waals surface area contributed by atoms with Crippen molar-refractivity contribution in [2.45, 2.75) is 43.9 Å². The molecule has 4 N–H and O–H groups in total. The first-order chi connectivity index (χ1) is 29.9. The summed E-state index contributed by atoms with van der Waals surface area (Å²) in [6.07, 6.45) is 7.50. The number of amides is 1. The van der Waals surface area contributed by atoms with Crippen molar-refractivity contribution in [1.82, 2.24) is 19.6 Å². The van der Waals surface area contributed by atoms with Crippen molar-refractivity contribution in [3.05, 3.63) is 117 Å². The van der Waals surface area contributed by atoms with Gasteiger partial charge in [0.05, 0.1) is 21.6 Å². The molecule has 3 aromatic carbocycles. The molecule has 15 nitrogen and oxygen atoms in total. The molecule has 2 saturated heterocycles. The number of pyridine rings is 1. The highest BCUT2D eigenvalue weighted by molar-refractivity contribution is 7.90. The minimum Gasteiger partial charge on any atom is -0.455 e. The number of anilines is 2. The first-order valence-corrected chi connectivity index (χ1v) is 22.7. The van der Waals surface area contributed by atoms with E-state index in [1.165, 1.54) is 35.5 Å². The molecule has 5 aromatic rings. The van der Waals surface area contributed by atoms with Crippen LogP contribution in [0.3, 0.4) is 0 Å². The van der Waals surface area contributed by atoms with Gasteiger partial charge < -0.3 is 29.8 Å². The largest absolute Gasteiger partial charge is 0.455 e. The van der Waals surface area contributed by atoms with Gasteiger partial charge in [-0.3, -0.25) is 19.8 Å². The number of nitrogens with zero attached hydrogens (tertiary/aromatic N) is 4. The van der Waals surface area contributed by atoms with Crippen LogP contribution in [0.5, 0.6) is 11.5 Å². The smallest absolute Gasteiger partial charge is 0.293 e. The molecule has 1 aliphatic carbocycles. The second-order valence-corrected chi connectivity index (χ2v) is 18.8. The Morgan fingerprint density at radius 2 is 1.84 bits per heavy atom. The Balaban J connectivity index is 1.00. The van der Waals surface area contributed by atoms with Crippen LogP contribution in [0.25, 0.3) is 16.6 Å². The molecule has 1 amide bonds. The van der Waals surface area contributed by atoms with Gasteiger partial charge >= 0.3 is 0 Å². The predicted molar refractivity (Wildman–Crippen MR) is 238 cm³/mol. The van der Waals surface area contributed by atoms with Crippen molar-refractivity contribution in [2.24, 2.45) is 11.3 Å². The van der Waals surface area contributed by atoms with E-state index in [4.69, 9.17) is 21.1 Å². The monoisotopic (exact) mass is 883 g/mol. The number of fused-ring (bicyclic) bond motifs is 1.